The van der Waals surface area contributed by atoms with Crippen molar-refractivity contribution in [2.24, 2.45) is 5.73 Å². The second-order valence-electron chi connectivity index (χ2n) is 4.72. The number of halogens is 1. The van der Waals surface area contributed by atoms with Gasteiger partial charge in [-0.25, -0.2) is 4.79 Å². The number of aliphatic carboxylic acids is 1. The molecular weight excluding hydrogens is 286 g/mol. The van der Waals surface area contributed by atoms with Crippen LogP contribution < -0.4 is 11.1 Å². The fourth-order valence-electron chi connectivity index (χ4n) is 1.92. The predicted molar refractivity (Wildman–Crippen MR) is 70.4 cm³/mol. The zero-order valence-electron chi connectivity index (χ0n) is 10.5. The maximum atomic E-state index is 12.1. The first-order valence-corrected chi connectivity index (χ1v) is 6.45. The van der Waals surface area contributed by atoms with Crippen LogP contribution in [0.3, 0.4) is 0 Å². The van der Waals surface area contributed by atoms with Gasteiger partial charge in [0.1, 0.15) is 11.7 Å². The Balaban J connectivity index is 2.14. The Morgan fingerprint density at radius 2 is 2.15 bits per heavy atom. The predicted octanol–water partition coefficient (Wildman–Crippen LogP) is 0.535. The molecule has 7 nitrogen and oxygen atoms in total. The van der Waals surface area contributed by atoms with Crippen molar-refractivity contribution in [1.82, 2.24) is 9.88 Å². The number of hydrogen-bond donors (Lipinski definition) is 3. The fraction of sp³-hybridized carbons (Fsp3) is 0.417. The standard InChI is InChI=1S/C12H14ClN3O4/c13-6-3-9(16(5-6)7-1-2-7)11(18)15-8(12(19)20)4-10(14)17/h3,5,7-8H,1-2,4H2,(H2,14,17)(H,15,18)(H,19,20). The summed E-state index contributed by atoms with van der Waals surface area (Å²) in [5.41, 5.74) is 5.24. The van der Waals surface area contributed by atoms with Crippen LogP contribution in [0, 0.1) is 0 Å². The molecule has 0 aromatic carbocycles. The lowest BCUT2D eigenvalue weighted by molar-refractivity contribution is -0.140. The zero-order chi connectivity index (χ0) is 14.9. The average molecular weight is 300 g/mol. The number of nitrogens with zero attached hydrogens (tertiary/aromatic N) is 1. The second kappa shape index (κ2) is 5.54. The van der Waals surface area contributed by atoms with Gasteiger partial charge in [-0.05, 0) is 18.9 Å². The Kier molecular flexibility index (Phi) is 3.99. The van der Waals surface area contributed by atoms with E-state index >= 15 is 0 Å². The van der Waals surface area contributed by atoms with Gasteiger partial charge >= 0.3 is 5.97 Å². The second-order valence-corrected chi connectivity index (χ2v) is 5.15. The van der Waals surface area contributed by atoms with E-state index in [9.17, 15) is 14.4 Å². The van der Waals surface area contributed by atoms with E-state index in [1.165, 1.54) is 6.07 Å². The number of carbonyl (C=O) groups is 3. The van der Waals surface area contributed by atoms with Crippen LogP contribution in [0.25, 0.3) is 0 Å². The van der Waals surface area contributed by atoms with E-state index in [1.54, 1.807) is 10.8 Å². The van der Waals surface area contributed by atoms with Crippen LogP contribution in [0.1, 0.15) is 35.8 Å². The number of carboxylic acid groups (broad SMARTS) is 1. The highest BCUT2D eigenvalue weighted by Crippen LogP contribution is 2.37. The van der Waals surface area contributed by atoms with Crippen molar-refractivity contribution < 1.29 is 19.5 Å². The minimum absolute atomic E-state index is 0.225. The van der Waals surface area contributed by atoms with Crippen LogP contribution in [0.4, 0.5) is 0 Å². The third-order valence-electron chi connectivity index (χ3n) is 3.00. The number of nitrogens with one attached hydrogen (secondary N) is 1. The van der Waals surface area contributed by atoms with Crippen molar-refractivity contribution in [2.45, 2.75) is 31.3 Å². The smallest absolute Gasteiger partial charge is 0.326 e. The van der Waals surface area contributed by atoms with Crippen molar-refractivity contribution in [1.29, 1.82) is 0 Å². The molecule has 0 aliphatic heterocycles. The van der Waals surface area contributed by atoms with Crippen molar-refractivity contribution in [3.05, 3.63) is 23.0 Å². The van der Waals surface area contributed by atoms with Crippen LogP contribution >= 0.6 is 11.6 Å². The molecule has 1 atom stereocenters. The lowest BCUT2D eigenvalue weighted by atomic mass is 10.2. The molecular formula is C12H14ClN3O4. The summed E-state index contributed by atoms with van der Waals surface area (Å²) in [5, 5.41) is 11.6. The summed E-state index contributed by atoms with van der Waals surface area (Å²) in [6, 6.07) is 0.349. The number of primary amides is 1. The van der Waals surface area contributed by atoms with E-state index in [0.29, 0.717) is 5.02 Å². The molecule has 1 aliphatic rings. The van der Waals surface area contributed by atoms with Crippen LogP contribution in [0.2, 0.25) is 5.02 Å². The summed E-state index contributed by atoms with van der Waals surface area (Å²) in [7, 11) is 0. The minimum Gasteiger partial charge on any atom is -0.480 e. The molecule has 8 heteroatoms. The number of nitrogens with two attached hydrogens (primary N) is 1. The molecule has 20 heavy (non-hydrogen) atoms. The van der Waals surface area contributed by atoms with Crippen LogP contribution in [-0.4, -0.2) is 33.5 Å². The van der Waals surface area contributed by atoms with Crippen LogP contribution in [0.5, 0.6) is 0 Å². The zero-order valence-corrected chi connectivity index (χ0v) is 11.3. The molecule has 108 valence electrons. The Hall–Kier alpha value is -2.02. The highest BCUT2D eigenvalue weighted by Gasteiger charge is 2.30. The van der Waals surface area contributed by atoms with Gasteiger partial charge in [0.05, 0.1) is 11.4 Å². The number of carboxylic acids is 1. The molecule has 0 radical (unpaired) electrons. The van der Waals surface area contributed by atoms with E-state index in [1.807, 2.05) is 0 Å². The Labute approximate surface area is 119 Å². The quantitative estimate of drug-likeness (QED) is 0.711. The molecule has 2 amide bonds. The topological polar surface area (TPSA) is 114 Å². The van der Waals surface area contributed by atoms with Gasteiger partial charge in [0, 0.05) is 12.2 Å². The number of carbonyl (C=O) groups excluding carboxylic acids is 2. The molecule has 1 saturated carbocycles. The molecule has 0 spiro atoms. The fourth-order valence-corrected chi connectivity index (χ4v) is 2.12. The van der Waals surface area contributed by atoms with Gasteiger partial charge in [-0.3, -0.25) is 9.59 Å². The van der Waals surface area contributed by atoms with Crippen molar-refractivity contribution in [3.8, 4) is 0 Å². The number of rotatable bonds is 6. The maximum Gasteiger partial charge on any atom is 0.326 e. The van der Waals surface area contributed by atoms with Gasteiger partial charge in [0.25, 0.3) is 5.91 Å². The van der Waals surface area contributed by atoms with Gasteiger partial charge in [-0.2, -0.15) is 0 Å². The molecule has 0 bridgehead atoms. The molecule has 1 aromatic heterocycles. The average Bonchev–Trinajstić information content (AvgIpc) is 3.10. The molecule has 2 rings (SSSR count). The Morgan fingerprint density at radius 3 is 2.65 bits per heavy atom. The first kappa shape index (κ1) is 14.4. The molecule has 1 heterocycles. The third kappa shape index (κ3) is 3.30. The summed E-state index contributed by atoms with van der Waals surface area (Å²) < 4.78 is 1.72. The third-order valence-corrected chi connectivity index (χ3v) is 3.20. The summed E-state index contributed by atoms with van der Waals surface area (Å²) in [6.45, 7) is 0. The minimum atomic E-state index is -1.35. The first-order valence-electron chi connectivity index (χ1n) is 6.08. The van der Waals surface area contributed by atoms with E-state index in [4.69, 9.17) is 22.4 Å². The van der Waals surface area contributed by atoms with E-state index in [0.717, 1.165) is 12.8 Å². The Morgan fingerprint density at radius 1 is 1.50 bits per heavy atom. The van der Waals surface area contributed by atoms with Gasteiger partial charge in [0.2, 0.25) is 5.91 Å². The Bertz CT molecular complexity index is 565. The monoisotopic (exact) mass is 299 g/mol. The normalized spacial score (nSPS) is 15.7. The summed E-state index contributed by atoms with van der Waals surface area (Å²) in [5.74, 6) is -2.70. The molecule has 1 aromatic rings. The summed E-state index contributed by atoms with van der Waals surface area (Å²) in [6.07, 6.45) is 3.08. The van der Waals surface area contributed by atoms with Crippen LogP contribution in [0.15, 0.2) is 12.3 Å². The SMILES string of the molecule is NC(=O)CC(NC(=O)c1cc(Cl)cn1C1CC1)C(=O)O. The molecule has 1 fully saturated rings. The number of hydrogen-bond acceptors (Lipinski definition) is 3. The highest BCUT2D eigenvalue weighted by molar-refractivity contribution is 6.31. The van der Waals surface area contributed by atoms with Crippen molar-refractivity contribution >= 4 is 29.4 Å². The highest BCUT2D eigenvalue weighted by atomic mass is 35.5. The van der Waals surface area contributed by atoms with E-state index < -0.39 is 30.2 Å². The maximum absolute atomic E-state index is 12.1. The van der Waals surface area contributed by atoms with Gasteiger partial charge < -0.3 is 20.7 Å². The van der Waals surface area contributed by atoms with Crippen molar-refractivity contribution in [3.63, 3.8) is 0 Å². The van der Waals surface area contributed by atoms with Gasteiger partial charge in [-0.1, -0.05) is 11.6 Å². The van der Waals surface area contributed by atoms with Gasteiger partial charge in [0.15, 0.2) is 0 Å². The molecule has 4 N–H and O–H groups in total. The number of aromatic nitrogens is 1. The van der Waals surface area contributed by atoms with Crippen molar-refractivity contribution in [2.75, 3.05) is 0 Å². The first-order chi connectivity index (χ1) is 9.38. The number of amides is 2. The summed E-state index contributed by atoms with van der Waals surface area (Å²) in [4.78, 5) is 33.9. The van der Waals surface area contributed by atoms with E-state index in [2.05, 4.69) is 5.32 Å². The summed E-state index contributed by atoms with van der Waals surface area (Å²) >= 11 is 5.87. The van der Waals surface area contributed by atoms with E-state index in [-0.39, 0.29) is 11.7 Å². The van der Waals surface area contributed by atoms with Crippen LogP contribution in [-0.2, 0) is 9.59 Å². The lowest BCUT2D eigenvalue weighted by Gasteiger charge is -2.14. The van der Waals surface area contributed by atoms with Gasteiger partial charge in [-0.15, -0.1) is 0 Å². The molecule has 1 aliphatic carbocycles. The molecule has 1 unspecified atom stereocenters. The molecule has 0 saturated heterocycles. The largest absolute Gasteiger partial charge is 0.480 e. The lowest BCUT2D eigenvalue weighted by Crippen LogP contribution is -2.43.